The summed E-state index contributed by atoms with van der Waals surface area (Å²) in [6, 6.07) is 17.9. The van der Waals surface area contributed by atoms with Crippen molar-refractivity contribution in [1.82, 2.24) is 4.58 Å². The second-order valence-electron chi connectivity index (χ2n) is 19.8. The van der Waals surface area contributed by atoms with Crippen LogP contribution in [-0.4, -0.2) is 72.6 Å². The zero-order chi connectivity index (χ0) is 52.3. The topological polar surface area (TPSA) is 207 Å². The molecule has 13 nitrogen and oxygen atoms in total. The maximum absolute atomic E-state index is 17.1. The Morgan fingerprint density at radius 3 is 1.99 bits per heavy atom. The summed E-state index contributed by atoms with van der Waals surface area (Å²) in [4.78, 5) is 11.5. The number of hydrogen-bond donors (Lipinski definition) is 4. The van der Waals surface area contributed by atoms with E-state index in [9.17, 15) is 48.8 Å². The van der Waals surface area contributed by atoms with Gasteiger partial charge in [0.15, 0.2) is 35.4 Å². The average molecular weight is 1060 g/mol. The molecule has 5 aromatic rings. The molecule has 0 fully saturated rings. The molecule has 2 aliphatic heterocycles. The number of halogens is 4. The van der Waals surface area contributed by atoms with Gasteiger partial charge in [-0.2, -0.15) is 25.3 Å². The molecule has 1 aliphatic carbocycles. The molecule has 376 valence electrons. The van der Waals surface area contributed by atoms with Crippen LogP contribution in [0.1, 0.15) is 105 Å². The SMILES string of the molecule is CC1=CC(C)(C)[N+](Cc2ccccc2S(=O)(=O)O)=c2cc3c(cc21)=C(c1c(F)c(F)c(SCC(=O)O)c(F)c1F)c1cc2c(cc1C3(C)C)N(Cc1ccc(S(=O)(=O)O)cc1)C(C)(C)CC2CS(=O)(=O)O. The molecule has 2 heterocycles. The molecule has 71 heavy (non-hydrogen) atoms. The van der Waals surface area contributed by atoms with Crippen molar-refractivity contribution in [1.29, 1.82) is 0 Å². The van der Waals surface area contributed by atoms with E-state index in [2.05, 4.69) is 0 Å². The molecule has 21 heteroatoms. The van der Waals surface area contributed by atoms with Crippen molar-refractivity contribution < 1.29 is 66.4 Å². The molecule has 0 bridgehead atoms. The number of hydrogen-bond acceptors (Lipinski definition) is 9. The van der Waals surface area contributed by atoms with Gasteiger partial charge in [-0.3, -0.25) is 18.5 Å². The minimum absolute atomic E-state index is 0.0517. The summed E-state index contributed by atoms with van der Waals surface area (Å²) < 4.78 is 173. The first-order chi connectivity index (χ1) is 32.7. The monoisotopic (exact) mass is 1060 g/mol. The van der Waals surface area contributed by atoms with Crippen molar-refractivity contribution in [3.8, 4) is 0 Å². The molecule has 0 radical (unpaired) electrons. The molecule has 0 saturated heterocycles. The highest BCUT2D eigenvalue weighted by Crippen LogP contribution is 2.51. The van der Waals surface area contributed by atoms with Crippen LogP contribution in [0.5, 0.6) is 0 Å². The number of benzene rings is 5. The van der Waals surface area contributed by atoms with Crippen molar-refractivity contribution >= 4 is 64.9 Å². The lowest BCUT2D eigenvalue weighted by Crippen LogP contribution is -2.50. The van der Waals surface area contributed by atoms with E-state index in [-0.39, 0.29) is 68.5 Å². The van der Waals surface area contributed by atoms with Gasteiger partial charge >= 0.3 is 5.97 Å². The Labute approximate surface area is 412 Å². The van der Waals surface area contributed by atoms with E-state index in [1.807, 2.05) is 57.1 Å². The predicted octanol–water partition coefficient (Wildman–Crippen LogP) is 7.85. The van der Waals surface area contributed by atoms with E-state index < -0.39 is 104 Å². The fraction of sp³-hybridized carbons (Fsp3) is 0.320. The third kappa shape index (κ3) is 9.45. The van der Waals surface area contributed by atoms with Gasteiger partial charge in [-0.1, -0.05) is 44.2 Å². The molecule has 0 spiro atoms. The number of rotatable bonds is 12. The van der Waals surface area contributed by atoms with Crippen molar-refractivity contribution in [2.24, 2.45) is 0 Å². The van der Waals surface area contributed by atoms with Gasteiger partial charge in [0.05, 0.1) is 26.9 Å². The summed E-state index contributed by atoms with van der Waals surface area (Å²) in [6.45, 7) is 12.8. The van der Waals surface area contributed by atoms with Crippen LogP contribution in [0.15, 0.2) is 93.6 Å². The Hall–Kier alpha value is -5.42. The van der Waals surface area contributed by atoms with Crippen molar-refractivity contribution in [2.45, 2.75) is 105 Å². The van der Waals surface area contributed by atoms with Crippen LogP contribution in [-0.2, 0) is 53.7 Å². The van der Waals surface area contributed by atoms with Gasteiger partial charge in [-0.05, 0) is 108 Å². The third-order valence-corrected chi connectivity index (χ3v) is 17.4. The average Bonchev–Trinajstić information content (AvgIpc) is 3.25. The van der Waals surface area contributed by atoms with E-state index in [1.165, 1.54) is 42.5 Å². The van der Waals surface area contributed by atoms with Crippen LogP contribution in [0.4, 0.5) is 23.2 Å². The first-order valence-electron chi connectivity index (χ1n) is 22.0. The van der Waals surface area contributed by atoms with E-state index >= 15 is 17.6 Å². The molecule has 1 unspecified atom stereocenters. The number of anilines is 1. The zero-order valence-corrected chi connectivity index (χ0v) is 42.6. The van der Waals surface area contributed by atoms with Gasteiger partial charge < -0.3 is 10.0 Å². The Morgan fingerprint density at radius 2 is 1.41 bits per heavy atom. The quantitative estimate of drug-likeness (QED) is 0.0309. The van der Waals surface area contributed by atoms with Crippen LogP contribution >= 0.6 is 11.8 Å². The van der Waals surface area contributed by atoms with Crippen molar-refractivity contribution in [3.63, 3.8) is 0 Å². The maximum Gasteiger partial charge on any atom is 0.313 e. The Balaban J connectivity index is 1.51. The Kier molecular flexibility index (Phi) is 12.9. The third-order valence-electron chi connectivity index (χ3n) is 13.7. The van der Waals surface area contributed by atoms with Gasteiger partial charge in [0.1, 0.15) is 4.90 Å². The summed E-state index contributed by atoms with van der Waals surface area (Å²) in [5, 5.41) is 9.94. The molecule has 5 aromatic carbocycles. The van der Waals surface area contributed by atoms with Crippen molar-refractivity contribution in [3.05, 3.63) is 157 Å². The minimum atomic E-state index is -4.70. The number of aliphatic carboxylic acids is 1. The second kappa shape index (κ2) is 17.7. The van der Waals surface area contributed by atoms with Crippen molar-refractivity contribution in [2.75, 3.05) is 16.4 Å². The van der Waals surface area contributed by atoms with Crippen LogP contribution in [0, 0.1) is 23.3 Å². The summed E-state index contributed by atoms with van der Waals surface area (Å²) in [5.41, 5.74) is -0.991. The highest BCUT2D eigenvalue weighted by Gasteiger charge is 2.45. The standard InChI is InChI=1S/C50H48F4N2O11S4/c1-26-20-48(2,3)56(23-28-10-8-9-11-39(28)71(65,66)67)37-18-35-33(16-31(26)37)41(42-43(51)45(53)47(46(54)44(42)52)68-24-40(57)58)34-17-32-29(25-69(59,60)61)21-49(4,5)55(38(32)19-36(34)50(35,6)7)22-27-12-14-30(15-13-27)70(62,63)64/h8-20,29H,21-25H2,1-7H3,(H3-,57,58,59,60,61,62,63,64,65,66,67)/p+1. The smallest absolute Gasteiger partial charge is 0.313 e. The molecule has 1 atom stereocenters. The normalized spacial score (nSPS) is 18.0. The van der Waals surface area contributed by atoms with Gasteiger partial charge in [0, 0.05) is 65.7 Å². The largest absolute Gasteiger partial charge is 0.481 e. The Bertz CT molecular complexity index is 3620. The maximum atomic E-state index is 17.1. The predicted molar refractivity (Wildman–Crippen MR) is 260 cm³/mol. The van der Waals surface area contributed by atoms with Gasteiger partial charge in [-0.15, -0.1) is 11.8 Å². The molecule has 3 aliphatic rings. The van der Waals surface area contributed by atoms with Gasteiger partial charge in [-0.25, -0.2) is 22.1 Å². The number of carboxylic acids is 1. The number of thioether (sulfide) groups is 1. The van der Waals surface area contributed by atoms with Crippen LogP contribution in [0.3, 0.4) is 0 Å². The lowest BCUT2D eigenvalue weighted by molar-refractivity contribution is -0.133. The van der Waals surface area contributed by atoms with E-state index in [0.29, 0.717) is 38.9 Å². The zero-order valence-electron chi connectivity index (χ0n) is 39.3. The molecular weight excluding hydrogens is 1010 g/mol. The summed E-state index contributed by atoms with van der Waals surface area (Å²) in [7, 11) is -14.0. The second-order valence-corrected chi connectivity index (χ2v) is 25.1. The molecule has 4 N–H and O–H groups in total. The fourth-order valence-corrected chi connectivity index (χ4v) is 13.2. The first-order valence-corrected chi connectivity index (χ1v) is 27.5. The number of fused-ring (bicyclic) bond motifs is 4. The summed E-state index contributed by atoms with van der Waals surface area (Å²) in [6.07, 6.45) is 1.96. The van der Waals surface area contributed by atoms with E-state index in [0.717, 1.165) is 0 Å². The molecular formula is C50H49F4N2O11S4+. The number of carboxylic acid groups (broad SMARTS) is 1. The highest BCUT2D eigenvalue weighted by molar-refractivity contribution is 8.00. The van der Waals surface area contributed by atoms with E-state index in [4.69, 9.17) is 0 Å². The first kappa shape index (κ1) is 51.9. The highest BCUT2D eigenvalue weighted by atomic mass is 32.2. The van der Waals surface area contributed by atoms with Crippen LogP contribution < -0.4 is 20.1 Å². The van der Waals surface area contributed by atoms with Gasteiger partial charge in [0.25, 0.3) is 30.4 Å². The fourth-order valence-electron chi connectivity index (χ4n) is 10.5. The van der Waals surface area contributed by atoms with Crippen LogP contribution in [0.2, 0.25) is 0 Å². The number of nitrogens with zero attached hydrogens (tertiary/aromatic N) is 2. The summed E-state index contributed by atoms with van der Waals surface area (Å²) >= 11 is 0.0517. The lowest BCUT2D eigenvalue weighted by atomic mass is 9.66. The molecule has 8 rings (SSSR count). The Morgan fingerprint density at radius 1 is 0.789 bits per heavy atom. The van der Waals surface area contributed by atoms with Crippen LogP contribution in [0.25, 0.3) is 11.1 Å². The lowest BCUT2D eigenvalue weighted by Gasteiger charge is -2.49. The molecule has 0 amide bonds. The molecule has 0 saturated carbocycles. The number of allylic oxidation sites excluding steroid dienone is 1. The van der Waals surface area contributed by atoms with E-state index in [1.54, 1.807) is 37.3 Å². The molecule has 0 aromatic heterocycles. The minimum Gasteiger partial charge on any atom is -0.481 e. The van der Waals surface area contributed by atoms with Gasteiger partial charge in [0.2, 0.25) is 5.36 Å². The number of carbonyl (C=O) groups is 1. The summed E-state index contributed by atoms with van der Waals surface area (Å²) in [5.74, 6) is -11.6.